The summed E-state index contributed by atoms with van der Waals surface area (Å²) >= 11 is 6.32. The Kier molecular flexibility index (Phi) is 7.59. The van der Waals surface area contributed by atoms with Gasteiger partial charge in [-0.05, 0) is 36.4 Å². The van der Waals surface area contributed by atoms with Gasteiger partial charge in [-0.15, -0.1) is 10.2 Å². The average molecular weight is 540 g/mol. The number of carbonyl (C=O) groups excluding carboxylic acids is 1. The molecule has 1 saturated heterocycles. The lowest BCUT2D eigenvalue weighted by atomic mass is 9.99. The van der Waals surface area contributed by atoms with Crippen molar-refractivity contribution in [2.75, 3.05) is 44.9 Å². The van der Waals surface area contributed by atoms with E-state index in [1.165, 1.54) is 31.6 Å². The van der Waals surface area contributed by atoms with Gasteiger partial charge in [-0.2, -0.15) is 0 Å². The second kappa shape index (κ2) is 11.2. The number of aromatic nitrogens is 4. The molecule has 5 rings (SSSR count). The van der Waals surface area contributed by atoms with Gasteiger partial charge in [0.2, 0.25) is 5.88 Å². The minimum atomic E-state index is -1.31. The Hall–Kier alpha value is -3.93. The van der Waals surface area contributed by atoms with Gasteiger partial charge in [0.25, 0.3) is 0 Å². The van der Waals surface area contributed by atoms with Crippen molar-refractivity contribution in [3.05, 3.63) is 70.9 Å². The van der Waals surface area contributed by atoms with Crippen LogP contribution in [0.25, 0.3) is 22.2 Å². The van der Waals surface area contributed by atoms with Gasteiger partial charge >= 0.3 is 5.97 Å². The molecule has 0 bridgehead atoms. The first kappa shape index (κ1) is 25.7. The van der Waals surface area contributed by atoms with Crippen LogP contribution in [-0.4, -0.2) is 71.3 Å². The number of halogens is 2. The Labute approximate surface area is 222 Å². The third kappa shape index (κ3) is 5.35. The molecule has 10 nitrogen and oxygen atoms in total. The predicted molar refractivity (Wildman–Crippen MR) is 137 cm³/mol. The van der Waals surface area contributed by atoms with Crippen LogP contribution in [0.15, 0.2) is 48.8 Å². The smallest absolute Gasteiger partial charge is 0.343 e. The molecule has 2 aromatic carbocycles. The first-order chi connectivity index (χ1) is 18.4. The molecular weight excluding hydrogens is 517 g/mol. The SMILES string of the molecule is COC(=O)COc1ccc(C(O)c2cc(-c3ncnc4cc(N5CCOCC5)ccc34)c(F)cc2Cl)nn1. The maximum absolute atomic E-state index is 15.2. The van der Waals surface area contributed by atoms with E-state index in [9.17, 15) is 9.90 Å². The van der Waals surface area contributed by atoms with Crippen molar-refractivity contribution in [2.45, 2.75) is 6.10 Å². The van der Waals surface area contributed by atoms with E-state index in [1.807, 2.05) is 18.2 Å². The number of fused-ring (bicyclic) bond motifs is 1. The van der Waals surface area contributed by atoms with Gasteiger partial charge in [-0.3, -0.25) is 0 Å². The Morgan fingerprint density at radius 2 is 1.97 bits per heavy atom. The fourth-order valence-corrected chi connectivity index (χ4v) is 4.39. The van der Waals surface area contributed by atoms with Gasteiger partial charge in [-0.1, -0.05) is 11.6 Å². The molecule has 38 heavy (non-hydrogen) atoms. The minimum Gasteiger partial charge on any atom is -0.466 e. The molecule has 1 atom stereocenters. The predicted octanol–water partition coefficient (Wildman–Crippen LogP) is 3.35. The number of benzene rings is 2. The van der Waals surface area contributed by atoms with Gasteiger partial charge in [0.1, 0.15) is 18.2 Å². The molecule has 0 radical (unpaired) electrons. The number of nitrogens with zero attached hydrogens (tertiary/aromatic N) is 5. The van der Waals surface area contributed by atoms with E-state index in [0.29, 0.717) is 29.8 Å². The van der Waals surface area contributed by atoms with Crippen molar-refractivity contribution in [1.29, 1.82) is 0 Å². The lowest BCUT2D eigenvalue weighted by Gasteiger charge is -2.29. The zero-order valence-electron chi connectivity index (χ0n) is 20.3. The van der Waals surface area contributed by atoms with Crippen LogP contribution in [-0.2, 0) is 14.3 Å². The summed E-state index contributed by atoms with van der Waals surface area (Å²) in [7, 11) is 1.24. The van der Waals surface area contributed by atoms with Crippen molar-refractivity contribution >= 4 is 34.2 Å². The Morgan fingerprint density at radius 3 is 2.71 bits per heavy atom. The standard InChI is InChI=1S/C26H23ClFN5O5/c1-36-24(34)13-38-23-5-4-21(31-32-23)26(35)17-11-18(20(28)12-19(17)27)25-16-3-2-15(10-22(16)29-14-30-25)33-6-8-37-9-7-33/h2-5,10-12,14,26,35H,6-9,13H2,1H3. The first-order valence-electron chi connectivity index (χ1n) is 11.7. The number of hydrogen-bond acceptors (Lipinski definition) is 10. The molecule has 3 heterocycles. The number of anilines is 1. The fraction of sp³-hybridized carbons (Fsp3) is 0.269. The molecule has 1 aliphatic heterocycles. The van der Waals surface area contributed by atoms with Crippen molar-refractivity contribution < 1.29 is 28.5 Å². The molecule has 1 N–H and O–H groups in total. The Bertz CT molecular complexity index is 1470. The van der Waals surface area contributed by atoms with E-state index < -0.39 is 17.9 Å². The summed E-state index contributed by atoms with van der Waals surface area (Å²) in [6.45, 7) is 2.53. The maximum Gasteiger partial charge on any atom is 0.343 e. The van der Waals surface area contributed by atoms with Crippen molar-refractivity contribution in [3.8, 4) is 17.1 Å². The van der Waals surface area contributed by atoms with Gasteiger partial charge in [-0.25, -0.2) is 19.2 Å². The highest BCUT2D eigenvalue weighted by molar-refractivity contribution is 6.31. The third-order valence-electron chi connectivity index (χ3n) is 6.14. The molecule has 12 heteroatoms. The summed E-state index contributed by atoms with van der Waals surface area (Å²) in [5.74, 6) is -1.10. The lowest BCUT2D eigenvalue weighted by molar-refractivity contribution is -0.143. The zero-order chi connectivity index (χ0) is 26.6. The molecule has 0 saturated carbocycles. The van der Waals surface area contributed by atoms with Crippen molar-refractivity contribution in [3.63, 3.8) is 0 Å². The van der Waals surface area contributed by atoms with Crippen molar-refractivity contribution in [1.82, 2.24) is 20.2 Å². The summed E-state index contributed by atoms with van der Waals surface area (Å²) in [4.78, 5) is 22.2. The molecule has 196 valence electrons. The fourth-order valence-electron chi connectivity index (χ4n) is 4.14. The molecular formula is C26H23ClFN5O5. The number of hydrogen-bond donors (Lipinski definition) is 1. The second-order valence-electron chi connectivity index (χ2n) is 8.44. The van der Waals surface area contributed by atoms with Crippen LogP contribution in [0.4, 0.5) is 10.1 Å². The molecule has 0 amide bonds. The van der Waals surface area contributed by atoms with Crippen LogP contribution in [0.1, 0.15) is 17.4 Å². The normalized spacial score (nSPS) is 14.4. The van der Waals surface area contributed by atoms with E-state index in [1.54, 1.807) is 0 Å². The van der Waals surface area contributed by atoms with Crippen LogP contribution >= 0.6 is 11.6 Å². The van der Waals surface area contributed by atoms with Crippen LogP contribution in [0, 0.1) is 5.82 Å². The van der Waals surface area contributed by atoms with Crippen LogP contribution in [0.2, 0.25) is 5.02 Å². The van der Waals surface area contributed by atoms with E-state index in [4.69, 9.17) is 21.1 Å². The first-order valence-corrected chi connectivity index (χ1v) is 12.1. The highest BCUT2D eigenvalue weighted by Crippen LogP contribution is 2.36. The van der Waals surface area contributed by atoms with Gasteiger partial charge in [0.05, 0.1) is 37.2 Å². The maximum atomic E-state index is 15.2. The van der Waals surface area contributed by atoms with Gasteiger partial charge in [0.15, 0.2) is 6.61 Å². The number of carbonyl (C=O) groups is 1. The topological polar surface area (TPSA) is 120 Å². The average Bonchev–Trinajstić information content (AvgIpc) is 2.96. The highest BCUT2D eigenvalue weighted by Gasteiger charge is 2.22. The molecule has 0 aliphatic carbocycles. The highest BCUT2D eigenvalue weighted by atomic mass is 35.5. The molecule has 1 fully saturated rings. The summed E-state index contributed by atoms with van der Waals surface area (Å²) in [5.41, 5.74) is 2.54. The van der Waals surface area contributed by atoms with E-state index in [0.717, 1.165) is 24.8 Å². The van der Waals surface area contributed by atoms with E-state index >= 15 is 4.39 Å². The Morgan fingerprint density at radius 1 is 1.16 bits per heavy atom. The summed E-state index contributed by atoms with van der Waals surface area (Å²) < 4.78 is 30.3. The number of morpholine rings is 1. The lowest BCUT2D eigenvalue weighted by Crippen LogP contribution is -2.36. The second-order valence-corrected chi connectivity index (χ2v) is 8.85. The largest absolute Gasteiger partial charge is 0.466 e. The number of aliphatic hydroxyl groups is 1. The van der Waals surface area contributed by atoms with Crippen LogP contribution in [0.3, 0.4) is 0 Å². The molecule has 4 aromatic rings. The summed E-state index contributed by atoms with van der Waals surface area (Å²) in [6.07, 6.45) is 0.0636. The monoisotopic (exact) mass is 539 g/mol. The van der Waals surface area contributed by atoms with Gasteiger partial charge in [0, 0.05) is 46.4 Å². The minimum absolute atomic E-state index is 0.0135. The van der Waals surface area contributed by atoms with E-state index in [-0.39, 0.29) is 34.3 Å². The molecule has 1 aliphatic rings. The number of esters is 1. The number of rotatable bonds is 7. The number of aliphatic hydroxyl groups excluding tert-OH is 1. The third-order valence-corrected chi connectivity index (χ3v) is 6.47. The summed E-state index contributed by atoms with van der Waals surface area (Å²) in [6, 6.07) is 11.2. The Balaban J connectivity index is 1.46. The number of methoxy groups -OCH3 is 1. The zero-order valence-corrected chi connectivity index (χ0v) is 21.1. The van der Waals surface area contributed by atoms with Crippen LogP contribution < -0.4 is 9.64 Å². The van der Waals surface area contributed by atoms with E-state index in [2.05, 4.69) is 29.8 Å². The van der Waals surface area contributed by atoms with Crippen LogP contribution in [0.5, 0.6) is 5.88 Å². The van der Waals surface area contributed by atoms with Gasteiger partial charge < -0.3 is 24.2 Å². The molecule has 2 aromatic heterocycles. The summed E-state index contributed by atoms with van der Waals surface area (Å²) in [5, 5.41) is 19.5. The quantitative estimate of drug-likeness (QED) is 0.350. The molecule has 1 unspecified atom stereocenters. The number of ether oxygens (including phenoxy) is 3. The molecule has 0 spiro atoms. The van der Waals surface area contributed by atoms with Crippen molar-refractivity contribution in [2.24, 2.45) is 0 Å².